The van der Waals surface area contributed by atoms with Gasteiger partial charge in [-0.25, -0.2) is 0 Å². The Morgan fingerprint density at radius 1 is 1.16 bits per heavy atom. The van der Waals surface area contributed by atoms with E-state index in [-0.39, 0.29) is 0 Å². The second kappa shape index (κ2) is 6.23. The van der Waals surface area contributed by atoms with Crippen molar-refractivity contribution in [1.82, 2.24) is 9.80 Å². The number of carbonyl (C=O) groups is 1. The molecule has 0 bridgehead atoms. The van der Waals surface area contributed by atoms with Crippen LogP contribution in [-0.2, 0) is 4.79 Å². The maximum Gasteiger partial charge on any atom is 0.222 e. The van der Waals surface area contributed by atoms with Gasteiger partial charge >= 0.3 is 0 Å². The van der Waals surface area contributed by atoms with Crippen molar-refractivity contribution in [1.29, 1.82) is 0 Å². The van der Waals surface area contributed by atoms with Crippen molar-refractivity contribution in [3.05, 3.63) is 0 Å². The van der Waals surface area contributed by atoms with E-state index >= 15 is 0 Å². The monoisotopic (exact) mass is 268 g/mol. The van der Waals surface area contributed by atoms with E-state index in [2.05, 4.69) is 4.90 Å². The first-order valence-corrected chi connectivity index (χ1v) is 7.66. The molecule has 0 unspecified atom stereocenters. The predicted octanol–water partition coefficient (Wildman–Crippen LogP) is 1.48. The summed E-state index contributed by atoms with van der Waals surface area (Å²) in [4.78, 5) is 16.5. The third-order valence-corrected chi connectivity index (χ3v) is 4.27. The lowest BCUT2D eigenvalue weighted by molar-refractivity contribution is -0.134. The Balaban J connectivity index is 1.71. The van der Waals surface area contributed by atoms with Crippen LogP contribution in [0.2, 0.25) is 0 Å². The van der Waals surface area contributed by atoms with Crippen LogP contribution in [0.15, 0.2) is 0 Å². The topological polar surface area (TPSA) is 43.8 Å². The van der Waals surface area contributed by atoms with Crippen LogP contribution >= 0.6 is 0 Å². The van der Waals surface area contributed by atoms with Crippen molar-refractivity contribution in [2.45, 2.75) is 51.6 Å². The van der Waals surface area contributed by atoms with Gasteiger partial charge in [0.2, 0.25) is 5.91 Å². The van der Waals surface area contributed by atoms with E-state index < -0.39 is 5.60 Å². The van der Waals surface area contributed by atoms with E-state index in [1.807, 2.05) is 18.7 Å². The summed E-state index contributed by atoms with van der Waals surface area (Å²) < 4.78 is 0. The zero-order valence-electron chi connectivity index (χ0n) is 12.4. The number of β-amino-alcohol motifs (C(OH)–C–C–N with tert-alkyl or cyclic N) is 1. The third-order valence-electron chi connectivity index (χ3n) is 4.27. The van der Waals surface area contributed by atoms with E-state index in [1.165, 1.54) is 25.7 Å². The number of amides is 1. The summed E-state index contributed by atoms with van der Waals surface area (Å²) in [6.45, 7) is 7.79. The van der Waals surface area contributed by atoms with Gasteiger partial charge in [0, 0.05) is 39.1 Å². The highest BCUT2D eigenvalue weighted by Crippen LogP contribution is 2.28. The molecule has 1 N–H and O–H groups in total. The summed E-state index contributed by atoms with van der Waals surface area (Å²) in [5.41, 5.74) is -0.643. The Kier molecular flexibility index (Phi) is 4.85. The molecule has 0 aromatic heterocycles. The predicted molar refractivity (Wildman–Crippen MR) is 75.9 cm³/mol. The molecule has 1 amide bonds. The zero-order valence-corrected chi connectivity index (χ0v) is 12.4. The Morgan fingerprint density at radius 3 is 2.26 bits per heavy atom. The molecule has 0 spiro atoms. The van der Waals surface area contributed by atoms with Crippen LogP contribution in [0.25, 0.3) is 0 Å². The van der Waals surface area contributed by atoms with Crippen LogP contribution < -0.4 is 0 Å². The second-order valence-electron chi connectivity index (χ2n) is 6.82. The number of rotatable bonds is 4. The van der Waals surface area contributed by atoms with Gasteiger partial charge < -0.3 is 10.0 Å². The van der Waals surface area contributed by atoms with Crippen molar-refractivity contribution in [2.24, 2.45) is 5.92 Å². The Labute approximate surface area is 116 Å². The fourth-order valence-electron chi connectivity index (χ4n) is 3.29. The average molecular weight is 268 g/mol. The normalized spacial score (nSPS) is 23.0. The smallest absolute Gasteiger partial charge is 0.222 e. The minimum atomic E-state index is -0.643. The van der Waals surface area contributed by atoms with Crippen molar-refractivity contribution in [3.8, 4) is 0 Å². The third kappa shape index (κ3) is 4.77. The second-order valence-corrected chi connectivity index (χ2v) is 6.82. The molecule has 2 aliphatic rings. The first kappa shape index (κ1) is 14.8. The van der Waals surface area contributed by atoms with E-state index in [0.717, 1.165) is 32.6 Å². The lowest BCUT2D eigenvalue weighted by atomic mass is 10.0. The maximum atomic E-state index is 12.2. The van der Waals surface area contributed by atoms with E-state index in [4.69, 9.17) is 0 Å². The molecule has 1 saturated carbocycles. The summed E-state index contributed by atoms with van der Waals surface area (Å²) in [6, 6.07) is 0. The highest BCUT2D eigenvalue weighted by atomic mass is 16.3. The van der Waals surface area contributed by atoms with Crippen molar-refractivity contribution >= 4 is 5.91 Å². The number of hydrogen-bond donors (Lipinski definition) is 1. The molecule has 2 fully saturated rings. The lowest BCUT2D eigenvalue weighted by Gasteiger charge is -2.37. The highest BCUT2D eigenvalue weighted by molar-refractivity contribution is 5.76. The first-order valence-electron chi connectivity index (χ1n) is 7.66. The van der Waals surface area contributed by atoms with Gasteiger partial charge in [0.25, 0.3) is 0 Å². The molecule has 2 rings (SSSR count). The van der Waals surface area contributed by atoms with Crippen molar-refractivity contribution < 1.29 is 9.90 Å². The Bertz CT molecular complexity index is 298. The molecular weight excluding hydrogens is 240 g/mol. The van der Waals surface area contributed by atoms with Crippen LogP contribution in [0.4, 0.5) is 0 Å². The fourth-order valence-corrected chi connectivity index (χ4v) is 3.29. The van der Waals surface area contributed by atoms with Gasteiger partial charge in [-0.05, 0) is 32.6 Å². The standard InChI is InChI=1S/C15H28N2O2/c1-15(2,19)12-16-7-9-17(10-8-16)14(18)11-13-5-3-4-6-13/h13,19H,3-12H2,1-2H3. The van der Waals surface area contributed by atoms with Crippen LogP contribution in [-0.4, -0.2) is 59.1 Å². The summed E-state index contributed by atoms with van der Waals surface area (Å²) in [6.07, 6.45) is 5.84. The largest absolute Gasteiger partial charge is 0.389 e. The molecule has 4 heteroatoms. The van der Waals surface area contributed by atoms with E-state index in [0.29, 0.717) is 18.4 Å². The number of nitrogens with zero attached hydrogens (tertiary/aromatic N) is 2. The average Bonchev–Trinajstić information content (AvgIpc) is 2.80. The van der Waals surface area contributed by atoms with Crippen LogP contribution in [0.3, 0.4) is 0 Å². The van der Waals surface area contributed by atoms with Gasteiger partial charge in [0.05, 0.1) is 5.60 Å². The SMILES string of the molecule is CC(C)(O)CN1CCN(C(=O)CC2CCCC2)CC1. The van der Waals surface area contributed by atoms with Gasteiger partial charge in [-0.2, -0.15) is 0 Å². The molecule has 0 radical (unpaired) electrons. The molecule has 1 heterocycles. The molecule has 19 heavy (non-hydrogen) atoms. The number of piperazine rings is 1. The maximum absolute atomic E-state index is 12.2. The minimum Gasteiger partial charge on any atom is -0.389 e. The van der Waals surface area contributed by atoms with E-state index in [9.17, 15) is 9.90 Å². The van der Waals surface area contributed by atoms with Crippen molar-refractivity contribution in [2.75, 3.05) is 32.7 Å². The van der Waals surface area contributed by atoms with Gasteiger partial charge in [-0.15, -0.1) is 0 Å². The van der Waals surface area contributed by atoms with Crippen LogP contribution in [0.1, 0.15) is 46.0 Å². The summed E-state index contributed by atoms with van der Waals surface area (Å²) in [5, 5.41) is 9.81. The minimum absolute atomic E-state index is 0.342. The molecular formula is C15H28N2O2. The molecule has 1 saturated heterocycles. The van der Waals surface area contributed by atoms with Crippen LogP contribution in [0, 0.1) is 5.92 Å². The number of hydrogen-bond acceptors (Lipinski definition) is 3. The summed E-state index contributed by atoms with van der Waals surface area (Å²) >= 11 is 0. The number of aliphatic hydroxyl groups is 1. The highest BCUT2D eigenvalue weighted by Gasteiger charge is 2.26. The molecule has 0 atom stereocenters. The van der Waals surface area contributed by atoms with Gasteiger partial charge in [0.15, 0.2) is 0 Å². The number of carbonyl (C=O) groups excluding carboxylic acids is 1. The summed E-state index contributed by atoms with van der Waals surface area (Å²) in [5.74, 6) is 0.983. The Hall–Kier alpha value is -0.610. The Morgan fingerprint density at radius 2 is 1.74 bits per heavy atom. The summed E-state index contributed by atoms with van der Waals surface area (Å²) in [7, 11) is 0. The molecule has 4 nitrogen and oxygen atoms in total. The zero-order chi connectivity index (χ0) is 13.9. The van der Waals surface area contributed by atoms with Gasteiger partial charge in [0.1, 0.15) is 0 Å². The quantitative estimate of drug-likeness (QED) is 0.840. The lowest BCUT2D eigenvalue weighted by Crippen LogP contribution is -2.52. The van der Waals surface area contributed by atoms with Crippen molar-refractivity contribution in [3.63, 3.8) is 0 Å². The molecule has 1 aliphatic heterocycles. The fraction of sp³-hybridized carbons (Fsp3) is 0.933. The molecule has 0 aromatic rings. The van der Waals surface area contributed by atoms with E-state index in [1.54, 1.807) is 0 Å². The van der Waals surface area contributed by atoms with Crippen LogP contribution in [0.5, 0.6) is 0 Å². The molecule has 110 valence electrons. The molecule has 0 aromatic carbocycles. The van der Waals surface area contributed by atoms with Gasteiger partial charge in [-0.1, -0.05) is 12.8 Å². The first-order chi connectivity index (χ1) is 8.94. The molecule has 1 aliphatic carbocycles. The van der Waals surface area contributed by atoms with Gasteiger partial charge in [-0.3, -0.25) is 9.69 Å².